The lowest BCUT2D eigenvalue weighted by molar-refractivity contribution is 0.467. The molecule has 3 atom stereocenters. The van der Waals surface area contributed by atoms with Crippen LogP contribution < -0.4 is 5.73 Å². The third kappa shape index (κ3) is 1.98. The average Bonchev–Trinajstić information content (AvgIpc) is 2.99. The van der Waals surface area contributed by atoms with Crippen molar-refractivity contribution in [3.8, 4) is 0 Å². The summed E-state index contributed by atoms with van der Waals surface area (Å²) >= 11 is 0. The van der Waals surface area contributed by atoms with Crippen LogP contribution in [0.1, 0.15) is 31.2 Å². The van der Waals surface area contributed by atoms with E-state index in [9.17, 15) is 0 Å². The number of rotatable bonds is 4. The molecule has 1 aromatic rings. The van der Waals surface area contributed by atoms with E-state index >= 15 is 0 Å². The van der Waals surface area contributed by atoms with Crippen LogP contribution in [0.3, 0.4) is 0 Å². The molecule has 2 N–H and O–H groups in total. The molecule has 3 unspecified atom stereocenters. The monoisotopic (exact) mass is 189 g/mol. The maximum absolute atomic E-state index is 5.58. The van der Waals surface area contributed by atoms with E-state index in [1.807, 2.05) is 0 Å². The Morgan fingerprint density at radius 2 is 2.07 bits per heavy atom. The zero-order valence-electron chi connectivity index (χ0n) is 8.82. The third-order valence-corrected chi connectivity index (χ3v) is 3.42. The van der Waals surface area contributed by atoms with Gasteiger partial charge in [-0.2, -0.15) is 0 Å². The molecular weight excluding hydrogens is 170 g/mol. The van der Waals surface area contributed by atoms with E-state index in [2.05, 4.69) is 37.3 Å². The van der Waals surface area contributed by atoms with Crippen molar-refractivity contribution in [2.24, 2.45) is 17.6 Å². The van der Waals surface area contributed by atoms with Crippen molar-refractivity contribution < 1.29 is 0 Å². The lowest BCUT2D eigenvalue weighted by atomic mass is 9.98. The van der Waals surface area contributed by atoms with E-state index in [0.29, 0.717) is 0 Å². The Kier molecular flexibility index (Phi) is 2.87. The van der Waals surface area contributed by atoms with Gasteiger partial charge in [0.1, 0.15) is 0 Å². The third-order valence-electron chi connectivity index (χ3n) is 3.42. The quantitative estimate of drug-likeness (QED) is 0.774. The molecule has 14 heavy (non-hydrogen) atoms. The zero-order valence-corrected chi connectivity index (χ0v) is 8.82. The molecule has 1 fully saturated rings. The van der Waals surface area contributed by atoms with Crippen molar-refractivity contribution in [3.05, 3.63) is 35.9 Å². The summed E-state index contributed by atoms with van der Waals surface area (Å²) in [5.74, 6) is 2.50. The molecule has 0 spiro atoms. The van der Waals surface area contributed by atoms with Crippen molar-refractivity contribution >= 4 is 0 Å². The summed E-state index contributed by atoms with van der Waals surface area (Å²) in [6.45, 7) is 3.17. The largest absolute Gasteiger partial charge is 0.330 e. The van der Waals surface area contributed by atoms with Crippen LogP contribution in [0.25, 0.3) is 0 Å². The van der Waals surface area contributed by atoms with Gasteiger partial charge in [0.05, 0.1) is 0 Å². The number of benzene rings is 1. The van der Waals surface area contributed by atoms with Crippen molar-refractivity contribution in [2.75, 3.05) is 6.54 Å². The molecule has 0 aliphatic heterocycles. The van der Waals surface area contributed by atoms with Crippen LogP contribution in [-0.2, 0) is 0 Å². The zero-order chi connectivity index (χ0) is 9.97. The molecule has 0 bridgehead atoms. The molecule has 1 heteroatoms. The van der Waals surface area contributed by atoms with Crippen LogP contribution in [0.4, 0.5) is 0 Å². The Labute approximate surface area is 86.3 Å². The Balaban J connectivity index is 1.93. The highest BCUT2D eigenvalue weighted by Crippen LogP contribution is 2.52. The normalized spacial score (nSPS) is 27.3. The molecule has 0 amide bonds. The standard InChI is InChI=1S/C13H19N/c1-10(7-8-14)12-9-13(12)11-5-3-2-4-6-11/h2-6,10,12-13H,7-9,14H2,1H3. The highest BCUT2D eigenvalue weighted by atomic mass is 14.5. The molecule has 1 nitrogen and oxygen atoms in total. The minimum absolute atomic E-state index is 0.796. The van der Waals surface area contributed by atoms with Gasteiger partial charge in [-0.15, -0.1) is 0 Å². The molecule has 76 valence electrons. The molecule has 1 aliphatic rings. The first kappa shape index (κ1) is 9.72. The molecule has 0 radical (unpaired) electrons. The Morgan fingerprint density at radius 3 is 2.71 bits per heavy atom. The summed E-state index contributed by atoms with van der Waals surface area (Å²) < 4.78 is 0. The predicted molar refractivity (Wildman–Crippen MR) is 60.1 cm³/mol. The predicted octanol–water partition coefficient (Wildman–Crippen LogP) is 2.78. The second-order valence-electron chi connectivity index (χ2n) is 4.47. The molecule has 2 rings (SSSR count). The van der Waals surface area contributed by atoms with Crippen LogP contribution in [0.5, 0.6) is 0 Å². The average molecular weight is 189 g/mol. The molecule has 0 saturated heterocycles. The second-order valence-corrected chi connectivity index (χ2v) is 4.47. The Bertz CT molecular complexity index is 281. The summed E-state index contributed by atoms with van der Waals surface area (Å²) in [6, 6.07) is 10.9. The first-order valence-corrected chi connectivity index (χ1v) is 5.58. The molecule has 0 heterocycles. The van der Waals surface area contributed by atoms with Gasteiger partial charge in [0.2, 0.25) is 0 Å². The van der Waals surface area contributed by atoms with Crippen LogP contribution in [0.15, 0.2) is 30.3 Å². The van der Waals surface area contributed by atoms with Gasteiger partial charge in [0, 0.05) is 0 Å². The number of hydrogen-bond donors (Lipinski definition) is 1. The highest BCUT2D eigenvalue weighted by molar-refractivity contribution is 5.25. The van der Waals surface area contributed by atoms with E-state index in [1.165, 1.54) is 18.4 Å². The molecule has 0 aromatic heterocycles. The van der Waals surface area contributed by atoms with Gasteiger partial charge < -0.3 is 5.73 Å². The second kappa shape index (κ2) is 4.14. The minimum Gasteiger partial charge on any atom is -0.330 e. The number of hydrogen-bond acceptors (Lipinski definition) is 1. The van der Waals surface area contributed by atoms with Crippen LogP contribution in [-0.4, -0.2) is 6.54 Å². The first-order valence-electron chi connectivity index (χ1n) is 5.58. The van der Waals surface area contributed by atoms with Crippen molar-refractivity contribution in [2.45, 2.75) is 25.7 Å². The van der Waals surface area contributed by atoms with Gasteiger partial charge >= 0.3 is 0 Å². The van der Waals surface area contributed by atoms with E-state index < -0.39 is 0 Å². The molecule has 1 aliphatic carbocycles. The topological polar surface area (TPSA) is 26.0 Å². The SMILES string of the molecule is CC(CCN)C1CC1c1ccccc1. The fourth-order valence-corrected chi connectivity index (χ4v) is 2.40. The van der Waals surface area contributed by atoms with E-state index in [1.54, 1.807) is 0 Å². The van der Waals surface area contributed by atoms with Gasteiger partial charge in [-0.25, -0.2) is 0 Å². The van der Waals surface area contributed by atoms with Crippen LogP contribution >= 0.6 is 0 Å². The van der Waals surface area contributed by atoms with Crippen LogP contribution in [0, 0.1) is 11.8 Å². The Hall–Kier alpha value is -0.820. The summed E-state index contributed by atoms with van der Waals surface area (Å²) in [6.07, 6.45) is 2.54. The first-order chi connectivity index (χ1) is 6.83. The van der Waals surface area contributed by atoms with Crippen molar-refractivity contribution in [1.82, 2.24) is 0 Å². The molecular formula is C13H19N. The van der Waals surface area contributed by atoms with Gasteiger partial charge in [-0.05, 0) is 42.7 Å². The van der Waals surface area contributed by atoms with Crippen LogP contribution in [0.2, 0.25) is 0 Å². The smallest absolute Gasteiger partial charge is 0.00746 e. The summed E-state index contributed by atoms with van der Waals surface area (Å²) in [5.41, 5.74) is 7.09. The van der Waals surface area contributed by atoms with Crippen molar-refractivity contribution in [3.63, 3.8) is 0 Å². The van der Waals surface area contributed by atoms with E-state index in [0.717, 1.165) is 24.3 Å². The molecule has 1 aromatic carbocycles. The highest BCUT2D eigenvalue weighted by Gasteiger charge is 2.41. The maximum atomic E-state index is 5.58. The van der Waals surface area contributed by atoms with Gasteiger partial charge in [-0.3, -0.25) is 0 Å². The maximum Gasteiger partial charge on any atom is -0.00746 e. The fourth-order valence-electron chi connectivity index (χ4n) is 2.40. The van der Waals surface area contributed by atoms with Gasteiger partial charge in [0.25, 0.3) is 0 Å². The van der Waals surface area contributed by atoms with Crippen molar-refractivity contribution in [1.29, 1.82) is 0 Å². The van der Waals surface area contributed by atoms with E-state index in [4.69, 9.17) is 5.73 Å². The lowest BCUT2D eigenvalue weighted by Crippen LogP contribution is -2.07. The minimum atomic E-state index is 0.796. The van der Waals surface area contributed by atoms with Gasteiger partial charge in [-0.1, -0.05) is 37.3 Å². The van der Waals surface area contributed by atoms with Gasteiger partial charge in [0.15, 0.2) is 0 Å². The summed E-state index contributed by atoms with van der Waals surface area (Å²) in [5, 5.41) is 0. The number of nitrogens with two attached hydrogens (primary N) is 1. The lowest BCUT2D eigenvalue weighted by Gasteiger charge is -2.08. The molecule has 1 saturated carbocycles. The van der Waals surface area contributed by atoms with E-state index in [-0.39, 0.29) is 0 Å². The summed E-state index contributed by atoms with van der Waals surface area (Å²) in [7, 11) is 0. The Morgan fingerprint density at radius 1 is 1.36 bits per heavy atom. The summed E-state index contributed by atoms with van der Waals surface area (Å²) in [4.78, 5) is 0. The fraction of sp³-hybridized carbons (Fsp3) is 0.538.